The van der Waals surface area contributed by atoms with Crippen LogP contribution in [-0.2, 0) is 0 Å². The van der Waals surface area contributed by atoms with E-state index in [1.54, 1.807) is 0 Å². The Morgan fingerprint density at radius 3 is 2.53 bits per heavy atom. The van der Waals surface area contributed by atoms with Crippen LogP contribution >= 0.6 is 0 Å². The Morgan fingerprint density at radius 1 is 1.24 bits per heavy atom. The molecule has 2 rings (SSSR count). The Labute approximate surface area is 107 Å². The first-order valence-electron chi connectivity index (χ1n) is 7.37. The van der Waals surface area contributed by atoms with E-state index in [1.807, 2.05) is 0 Å². The zero-order chi connectivity index (χ0) is 12.6. The minimum Gasteiger partial charge on any atom is -0.316 e. The van der Waals surface area contributed by atoms with Gasteiger partial charge in [0.15, 0.2) is 0 Å². The summed E-state index contributed by atoms with van der Waals surface area (Å²) >= 11 is 0. The lowest BCUT2D eigenvalue weighted by Crippen LogP contribution is -2.46. The van der Waals surface area contributed by atoms with Gasteiger partial charge < -0.3 is 5.32 Å². The van der Waals surface area contributed by atoms with Crippen molar-refractivity contribution < 1.29 is 0 Å². The Kier molecular flexibility index (Phi) is 3.84. The Bertz CT molecular complexity index is 260. The van der Waals surface area contributed by atoms with Gasteiger partial charge >= 0.3 is 0 Å². The van der Waals surface area contributed by atoms with Gasteiger partial charge in [-0.2, -0.15) is 0 Å². The first kappa shape index (κ1) is 13.4. The largest absolute Gasteiger partial charge is 0.316 e. The van der Waals surface area contributed by atoms with Crippen molar-refractivity contribution in [3.05, 3.63) is 0 Å². The first-order valence-corrected chi connectivity index (χ1v) is 7.37. The minimum atomic E-state index is 0.402. The highest BCUT2D eigenvalue weighted by molar-refractivity contribution is 5.04. The average molecular weight is 238 g/mol. The van der Waals surface area contributed by atoms with E-state index in [-0.39, 0.29) is 0 Å². The molecular formula is C15H30N2. The van der Waals surface area contributed by atoms with Crippen molar-refractivity contribution in [1.82, 2.24) is 10.2 Å². The molecule has 0 aromatic carbocycles. The maximum Gasteiger partial charge on any atom is 0.0197 e. The molecule has 0 amide bonds. The van der Waals surface area contributed by atoms with Crippen LogP contribution in [0.1, 0.15) is 41.0 Å². The van der Waals surface area contributed by atoms with Gasteiger partial charge in [-0.3, -0.25) is 4.90 Å². The van der Waals surface area contributed by atoms with Crippen LogP contribution < -0.4 is 5.32 Å². The second-order valence-electron chi connectivity index (χ2n) is 7.32. The number of hydrogen-bond acceptors (Lipinski definition) is 2. The normalized spacial score (nSPS) is 34.2. The molecule has 0 aliphatic carbocycles. The molecule has 2 heterocycles. The fourth-order valence-electron chi connectivity index (χ4n) is 4.07. The van der Waals surface area contributed by atoms with E-state index < -0.39 is 0 Å². The molecule has 1 N–H and O–H groups in total. The van der Waals surface area contributed by atoms with E-state index in [4.69, 9.17) is 0 Å². The van der Waals surface area contributed by atoms with Gasteiger partial charge in [-0.15, -0.1) is 0 Å². The highest BCUT2D eigenvalue weighted by Gasteiger charge is 2.49. The second-order valence-corrected chi connectivity index (χ2v) is 7.32. The molecule has 0 aromatic rings. The number of nitrogens with one attached hydrogen (secondary N) is 1. The third-order valence-corrected chi connectivity index (χ3v) is 4.92. The highest BCUT2D eigenvalue weighted by Crippen LogP contribution is 2.41. The summed E-state index contributed by atoms with van der Waals surface area (Å²) in [5, 5.41) is 3.56. The lowest BCUT2D eigenvalue weighted by Gasteiger charge is -2.37. The highest BCUT2D eigenvalue weighted by atomic mass is 15.2. The molecule has 2 nitrogen and oxygen atoms in total. The van der Waals surface area contributed by atoms with Crippen molar-refractivity contribution in [2.24, 2.45) is 23.7 Å². The number of nitrogens with zero attached hydrogens (tertiary/aromatic N) is 1. The Hall–Kier alpha value is -0.0800. The smallest absolute Gasteiger partial charge is 0.0197 e. The van der Waals surface area contributed by atoms with Gasteiger partial charge in [0.1, 0.15) is 0 Å². The predicted octanol–water partition coefficient (Wildman–Crippen LogP) is 2.60. The molecule has 2 fully saturated rings. The van der Waals surface area contributed by atoms with Crippen LogP contribution in [0.3, 0.4) is 0 Å². The summed E-state index contributed by atoms with van der Waals surface area (Å²) in [7, 11) is 0. The third kappa shape index (κ3) is 2.68. The molecule has 17 heavy (non-hydrogen) atoms. The maximum absolute atomic E-state index is 3.56. The van der Waals surface area contributed by atoms with Crippen molar-refractivity contribution in [2.75, 3.05) is 26.2 Å². The topological polar surface area (TPSA) is 15.3 Å². The Morgan fingerprint density at radius 2 is 1.94 bits per heavy atom. The monoisotopic (exact) mass is 238 g/mol. The van der Waals surface area contributed by atoms with Gasteiger partial charge in [0.25, 0.3) is 0 Å². The van der Waals surface area contributed by atoms with Crippen molar-refractivity contribution >= 4 is 0 Å². The molecular weight excluding hydrogens is 208 g/mol. The van der Waals surface area contributed by atoms with Crippen LogP contribution in [0.25, 0.3) is 0 Å². The number of rotatable bonds is 4. The molecule has 2 heteroatoms. The number of hydrogen-bond donors (Lipinski definition) is 1. The molecule has 3 unspecified atom stereocenters. The molecule has 2 saturated heterocycles. The molecule has 0 bridgehead atoms. The lowest BCUT2D eigenvalue weighted by molar-refractivity contribution is 0.116. The quantitative estimate of drug-likeness (QED) is 0.810. The summed E-state index contributed by atoms with van der Waals surface area (Å²) in [6, 6.07) is 0. The van der Waals surface area contributed by atoms with Gasteiger partial charge in [-0.1, -0.05) is 20.8 Å². The van der Waals surface area contributed by atoms with Crippen LogP contribution in [0.5, 0.6) is 0 Å². The van der Waals surface area contributed by atoms with Crippen LogP contribution in [0.15, 0.2) is 0 Å². The molecule has 0 spiro atoms. The summed E-state index contributed by atoms with van der Waals surface area (Å²) in [5.74, 6) is 3.43. The van der Waals surface area contributed by atoms with E-state index in [2.05, 4.69) is 44.8 Å². The summed E-state index contributed by atoms with van der Waals surface area (Å²) in [6.07, 6.45) is 1.36. The van der Waals surface area contributed by atoms with Gasteiger partial charge in [0, 0.05) is 25.2 Å². The van der Waals surface area contributed by atoms with Crippen LogP contribution in [-0.4, -0.2) is 36.6 Å². The van der Waals surface area contributed by atoms with Gasteiger partial charge in [-0.25, -0.2) is 0 Å². The van der Waals surface area contributed by atoms with Crippen LogP contribution in [0.2, 0.25) is 0 Å². The molecule has 100 valence electrons. The Balaban J connectivity index is 1.93. The summed E-state index contributed by atoms with van der Waals surface area (Å²) < 4.78 is 0. The molecule has 3 atom stereocenters. The van der Waals surface area contributed by atoms with E-state index in [0.29, 0.717) is 5.54 Å². The zero-order valence-electron chi connectivity index (χ0n) is 12.3. The fourth-order valence-corrected chi connectivity index (χ4v) is 4.07. The van der Waals surface area contributed by atoms with Crippen LogP contribution in [0.4, 0.5) is 0 Å². The van der Waals surface area contributed by atoms with E-state index in [9.17, 15) is 0 Å². The van der Waals surface area contributed by atoms with Gasteiger partial charge in [0.05, 0.1) is 0 Å². The van der Waals surface area contributed by atoms with Crippen LogP contribution in [0, 0.1) is 23.7 Å². The molecule has 2 aliphatic heterocycles. The summed E-state index contributed by atoms with van der Waals surface area (Å²) in [4.78, 5) is 2.76. The fraction of sp³-hybridized carbons (Fsp3) is 1.00. The summed E-state index contributed by atoms with van der Waals surface area (Å²) in [6.45, 7) is 17.1. The molecule has 0 saturated carbocycles. The van der Waals surface area contributed by atoms with E-state index in [1.165, 1.54) is 32.6 Å². The zero-order valence-corrected chi connectivity index (χ0v) is 12.3. The third-order valence-electron chi connectivity index (χ3n) is 4.92. The molecule has 0 aromatic heterocycles. The number of likely N-dealkylation sites (tertiary alicyclic amines) is 1. The SMILES string of the molecule is CC(C)CC(C)CN1CC2CNCC2C1(C)C. The first-order chi connectivity index (χ1) is 7.91. The van der Waals surface area contributed by atoms with E-state index in [0.717, 1.165) is 23.7 Å². The maximum atomic E-state index is 3.56. The molecule has 2 aliphatic rings. The second kappa shape index (κ2) is 4.89. The van der Waals surface area contributed by atoms with Crippen molar-refractivity contribution in [3.8, 4) is 0 Å². The predicted molar refractivity (Wildman–Crippen MR) is 74.1 cm³/mol. The van der Waals surface area contributed by atoms with Gasteiger partial charge in [-0.05, 0) is 50.5 Å². The van der Waals surface area contributed by atoms with Crippen molar-refractivity contribution in [1.29, 1.82) is 0 Å². The average Bonchev–Trinajstić information content (AvgIpc) is 2.70. The minimum absolute atomic E-state index is 0.402. The standard InChI is InChI=1S/C15H30N2/c1-11(2)6-12(3)9-17-10-13-7-16-8-14(13)15(17,4)5/h11-14,16H,6-10H2,1-5H3. The lowest BCUT2D eigenvalue weighted by atomic mass is 9.84. The van der Waals surface area contributed by atoms with Crippen molar-refractivity contribution in [2.45, 2.75) is 46.6 Å². The summed E-state index contributed by atoms with van der Waals surface area (Å²) in [5.41, 5.74) is 0.402. The van der Waals surface area contributed by atoms with E-state index >= 15 is 0 Å². The van der Waals surface area contributed by atoms with Gasteiger partial charge in [0.2, 0.25) is 0 Å². The number of fused-ring (bicyclic) bond motifs is 1. The molecule has 0 radical (unpaired) electrons. The van der Waals surface area contributed by atoms with Crippen molar-refractivity contribution in [3.63, 3.8) is 0 Å².